The number of benzene rings is 2. The summed E-state index contributed by atoms with van der Waals surface area (Å²) in [5, 5.41) is 2.84. The standard InChI is InChI=1S/C21H21N3O3S/c1-16-8-9-18(21(25)23-15-17-10-12-22-13-11-17)14-20(16)24(2)28(26,27)19-6-4-3-5-7-19/h3-14H,15H2,1-2H3,(H,23,25). The van der Waals surface area contributed by atoms with Gasteiger partial charge >= 0.3 is 0 Å². The van der Waals surface area contributed by atoms with Gasteiger partial charge in [0.15, 0.2) is 0 Å². The normalized spacial score (nSPS) is 11.1. The van der Waals surface area contributed by atoms with Crippen LogP contribution in [0.5, 0.6) is 0 Å². The number of rotatable bonds is 6. The van der Waals surface area contributed by atoms with Crippen molar-refractivity contribution in [2.75, 3.05) is 11.4 Å². The van der Waals surface area contributed by atoms with Crippen LogP contribution in [0.15, 0.2) is 78.0 Å². The van der Waals surface area contributed by atoms with Crippen LogP contribution < -0.4 is 9.62 Å². The third-order valence-electron chi connectivity index (χ3n) is 4.41. The van der Waals surface area contributed by atoms with Crippen LogP contribution in [-0.2, 0) is 16.6 Å². The molecule has 6 nitrogen and oxygen atoms in total. The molecule has 3 rings (SSSR count). The van der Waals surface area contributed by atoms with Crippen molar-refractivity contribution < 1.29 is 13.2 Å². The zero-order chi connectivity index (χ0) is 20.1. The fourth-order valence-corrected chi connectivity index (χ4v) is 4.03. The quantitative estimate of drug-likeness (QED) is 0.695. The van der Waals surface area contributed by atoms with Crippen molar-refractivity contribution >= 4 is 21.6 Å². The monoisotopic (exact) mass is 395 g/mol. The van der Waals surface area contributed by atoms with Crippen molar-refractivity contribution in [1.29, 1.82) is 0 Å². The molecule has 144 valence electrons. The Morgan fingerprint density at radius 1 is 1.04 bits per heavy atom. The Morgan fingerprint density at radius 3 is 2.39 bits per heavy atom. The summed E-state index contributed by atoms with van der Waals surface area (Å²) >= 11 is 0. The lowest BCUT2D eigenvalue weighted by atomic mass is 10.1. The Morgan fingerprint density at radius 2 is 1.71 bits per heavy atom. The van der Waals surface area contributed by atoms with Gasteiger partial charge in [0.2, 0.25) is 0 Å². The topological polar surface area (TPSA) is 79.4 Å². The lowest BCUT2D eigenvalue weighted by molar-refractivity contribution is 0.0951. The predicted molar refractivity (Wildman–Crippen MR) is 109 cm³/mol. The molecular weight excluding hydrogens is 374 g/mol. The smallest absolute Gasteiger partial charge is 0.264 e. The van der Waals surface area contributed by atoms with Gasteiger partial charge < -0.3 is 5.32 Å². The van der Waals surface area contributed by atoms with Crippen LogP contribution in [-0.4, -0.2) is 26.4 Å². The SMILES string of the molecule is Cc1ccc(C(=O)NCc2ccncc2)cc1N(C)S(=O)(=O)c1ccccc1. The second-order valence-electron chi connectivity index (χ2n) is 6.32. The fourth-order valence-electron chi connectivity index (χ4n) is 2.75. The Balaban J connectivity index is 1.84. The van der Waals surface area contributed by atoms with Crippen molar-refractivity contribution in [3.05, 3.63) is 89.7 Å². The number of carbonyl (C=O) groups is 1. The maximum absolute atomic E-state index is 12.9. The number of hydrogen-bond donors (Lipinski definition) is 1. The van der Waals surface area contributed by atoms with Gasteiger partial charge in [-0.3, -0.25) is 14.1 Å². The average Bonchev–Trinajstić information content (AvgIpc) is 2.73. The van der Waals surface area contributed by atoms with Crippen molar-refractivity contribution in [3.63, 3.8) is 0 Å². The highest BCUT2D eigenvalue weighted by atomic mass is 32.2. The number of sulfonamides is 1. The second kappa shape index (κ2) is 8.22. The van der Waals surface area contributed by atoms with Crippen LogP contribution in [0.2, 0.25) is 0 Å². The minimum atomic E-state index is -3.72. The molecule has 2 aromatic carbocycles. The molecule has 0 saturated carbocycles. The van der Waals surface area contributed by atoms with Gasteiger partial charge in [0.05, 0.1) is 10.6 Å². The summed E-state index contributed by atoms with van der Waals surface area (Å²) in [4.78, 5) is 16.7. The zero-order valence-electron chi connectivity index (χ0n) is 15.7. The Labute approximate surface area is 164 Å². The van der Waals surface area contributed by atoms with Crippen LogP contribution in [0.25, 0.3) is 0 Å². The van der Waals surface area contributed by atoms with Gasteiger partial charge in [-0.15, -0.1) is 0 Å². The van der Waals surface area contributed by atoms with Gasteiger partial charge in [0.25, 0.3) is 15.9 Å². The van der Waals surface area contributed by atoms with Crippen molar-refractivity contribution in [1.82, 2.24) is 10.3 Å². The molecule has 0 bridgehead atoms. The number of nitrogens with one attached hydrogen (secondary N) is 1. The molecular formula is C21H21N3O3S. The molecule has 3 aromatic rings. The Hall–Kier alpha value is -3.19. The highest BCUT2D eigenvalue weighted by Gasteiger charge is 2.23. The zero-order valence-corrected chi connectivity index (χ0v) is 16.5. The summed E-state index contributed by atoms with van der Waals surface area (Å²) in [5.41, 5.74) is 2.54. The molecule has 0 aliphatic carbocycles. The summed E-state index contributed by atoms with van der Waals surface area (Å²) in [6, 6.07) is 16.9. The lowest BCUT2D eigenvalue weighted by Crippen LogP contribution is -2.28. The molecule has 0 unspecified atom stereocenters. The number of hydrogen-bond acceptors (Lipinski definition) is 4. The molecule has 1 aromatic heterocycles. The van der Waals surface area contributed by atoms with Crippen molar-refractivity contribution in [3.8, 4) is 0 Å². The van der Waals surface area contributed by atoms with Crippen molar-refractivity contribution in [2.45, 2.75) is 18.4 Å². The number of anilines is 1. The van der Waals surface area contributed by atoms with Crippen LogP contribution in [0.3, 0.4) is 0 Å². The summed E-state index contributed by atoms with van der Waals surface area (Å²) in [7, 11) is -2.23. The van der Waals surface area contributed by atoms with Gasteiger partial charge in [0, 0.05) is 31.5 Å². The van der Waals surface area contributed by atoms with Crippen LogP contribution in [0.1, 0.15) is 21.5 Å². The molecule has 0 aliphatic rings. The maximum atomic E-state index is 12.9. The maximum Gasteiger partial charge on any atom is 0.264 e. The molecule has 1 heterocycles. The first kappa shape index (κ1) is 19.6. The third kappa shape index (κ3) is 4.20. The van der Waals surface area contributed by atoms with Gasteiger partial charge in [-0.2, -0.15) is 0 Å². The van der Waals surface area contributed by atoms with Crippen molar-refractivity contribution in [2.24, 2.45) is 0 Å². The van der Waals surface area contributed by atoms with Gasteiger partial charge in [0.1, 0.15) is 0 Å². The van der Waals surface area contributed by atoms with E-state index in [1.807, 2.05) is 19.1 Å². The summed E-state index contributed by atoms with van der Waals surface area (Å²) in [5.74, 6) is -0.274. The largest absolute Gasteiger partial charge is 0.348 e. The first-order chi connectivity index (χ1) is 13.4. The molecule has 0 fully saturated rings. The second-order valence-corrected chi connectivity index (χ2v) is 8.29. The summed E-state index contributed by atoms with van der Waals surface area (Å²) in [6.07, 6.45) is 3.32. The highest BCUT2D eigenvalue weighted by Crippen LogP contribution is 2.26. The first-order valence-electron chi connectivity index (χ1n) is 8.71. The number of pyridine rings is 1. The van der Waals surface area contributed by atoms with Crippen LogP contribution in [0, 0.1) is 6.92 Å². The molecule has 1 amide bonds. The molecule has 0 aliphatic heterocycles. The van der Waals surface area contributed by atoms with E-state index >= 15 is 0 Å². The van der Waals surface area contributed by atoms with Crippen LogP contribution >= 0.6 is 0 Å². The van der Waals surface area contributed by atoms with E-state index in [0.717, 1.165) is 11.1 Å². The van der Waals surface area contributed by atoms with Gasteiger partial charge in [-0.25, -0.2) is 8.42 Å². The summed E-state index contributed by atoms with van der Waals surface area (Å²) in [6.45, 7) is 2.17. The molecule has 0 atom stereocenters. The molecule has 0 spiro atoms. The predicted octanol–water partition coefficient (Wildman–Crippen LogP) is 3.15. The van der Waals surface area contributed by atoms with E-state index in [-0.39, 0.29) is 10.8 Å². The van der Waals surface area contributed by atoms with E-state index in [9.17, 15) is 13.2 Å². The van der Waals surface area contributed by atoms with E-state index in [0.29, 0.717) is 17.8 Å². The number of nitrogens with zero attached hydrogens (tertiary/aromatic N) is 2. The van der Waals surface area contributed by atoms with E-state index in [1.165, 1.54) is 11.4 Å². The molecule has 0 radical (unpaired) electrons. The number of aromatic nitrogens is 1. The van der Waals surface area contributed by atoms with E-state index in [4.69, 9.17) is 0 Å². The van der Waals surface area contributed by atoms with E-state index in [1.54, 1.807) is 60.9 Å². The molecule has 7 heteroatoms. The van der Waals surface area contributed by atoms with Crippen LogP contribution in [0.4, 0.5) is 5.69 Å². The van der Waals surface area contributed by atoms with E-state index < -0.39 is 10.0 Å². The molecule has 28 heavy (non-hydrogen) atoms. The highest BCUT2D eigenvalue weighted by molar-refractivity contribution is 7.92. The van der Waals surface area contributed by atoms with E-state index in [2.05, 4.69) is 10.3 Å². The lowest BCUT2D eigenvalue weighted by Gasteiger charge is -2.22. The fraction of sp³-hybridized carbons (Fsp3) is 0.143. The number of carbonyl (C=O) groups excluding carboxylic acids is 1. The average molecular weight is 395 g/mol. The number of amides is 1. The molecule has 1 N–H and O–H groups in total. The van der Waals surface area contributed by atoms with Gasteiger partial charge in [-0.05, 0) is 54.4 Å². The Kier molecular flexibility index (Phi) is 5.75. The number of aryl methyl sites for hydroxylation is 1. The third-order valence-corrected chi connectivity index (χ3v) is 6.20. The summed E-state index contributed by atoms with van der Waals surface area (Å²) < 4.78 is 27.0. The minimum absolute atomic E-state index is 0.199. The van der Waals surface area contributed by atoms with Gasteiger partial charge in [-0.1, -0.05) is 24.3 Å². The Bertz CT molecular complexity index is 1070. The molecule has 0 saturated heterocycles. The first-order valence-corrected chi connectivity index (χ1v) is 10.2. The minimum Gasteiger partial charge on any atom is -0.348 e.